The van der Waals surface area contributed by atoms with Crippen molar-refractivity contribution in [3.8, 4) is 0 Å². The molecule has 0 saturated carbocycles. The van der Waals surface area contributed by atoms with Gasteiger partial charge in [-0.2, -0.15) is 0 Å². The fraction of sp³-hybridized carbons (Fsp3) is 0.889. The van der Waals surface area contributed by atoms with Gasteiger partial charge < -0.3 is 4.90 Å². The van der Waals surface area contributed by atoms with Crippen molar-refractivity contribution < 1.29 is 10.0 Å². The van der Waals surface area contributed by atoms with Crippen LogP contribution in [0.3, 0.4) is 0 Å². The summed E-state index contributed by atoms with van der Waals surface area (Å²) in [6, 6.07) is 0. The molecule has 0 unspecified atom stereocenters. The van der Waals surface area contributed by atoms with Crippen molar-refractivity contribution >= 4 is 5.91 Å². The maximum absolute atomic E-state index is 10.7. The number of amides is 1. The zero-order valence-electron chi connectivity index (χ0n) is 8.20. The van der Waals surface area contributed by atoms with Crippen LogP contribution in [-0.2, 0) is 4.79 Å². The number of carbonyl (C=O) groups excluding carboxylic acids is 1. The van der Waals surface area contributed by atoms with E-state index in [1.165, 1.54) is 26.2 Å². The minimum Gasteiger partial charge on any atom is -0.301 e. The van der Waals surface area contributed by atoms with Gasteiger partial charge >= 0.3 is 0 Å². The molecule has 1 fully saturated rings. The average molecular weight is 186 g/mol. The SMILES string of the molecule is CC(=O)N(O)CCN1CCCCC1. The van der Waals surface area contributed by atoms with E-state index in [1.807, 2.05) is 0 Å². The van der Waals surface area contributed by atoms with Crippen LogP contribution in [0.2, 0.25) is 0 Å². The molecule has 1 heterocycles. The number of likely N-dealkylation sites (tertiary alicyclic amines) is 1. The summed E-state index contributed by atoms with van der Waals surface area (Å²) in [5.41, 5.74) is 0. The van der Waals surface area contributed by atoms with Gasteiger partial charge in [0.2, 0.25) is 5.91 Å². The second kappa shape index (κ2) is 5.19. The first kappa shape index (κ1) is 10.5. The Labute approximate surface area is 79.1 Å². The van der Waals surface area contributed by atoms with E-state index in [9.17, 15) is 4.79 Å². The molecule has 0 aromatic carbocycles. The van der Waals surface area contributed by atoms with E-state index in [0.717, 1.165) is 24.7 Å². The van der Waals surface area contributed by atoms with Crippen LogP contribution in [0.15, 0.2) is 0 Å². The Balaban J connectivity index is 2.13. The molecule has 1 saturated heterocycles. The molecule has 0 aliphatic carbocycles. The molecule has 4 heteroatoms. The summed E-state index contributed by atoms with van der Waals surface area (Å²) < 4.78 is 0. The third-order valence-electron chi connectivity index (χ3n) is 2.44. The van der Waals surface area contributed by atoms with Crippen molar-refractivity contribution in [3.05, 3.63) is 0 Å². The standard InChI is InChI=1S/C9H18N2O2/c1-9(12)11(13)8-7-10-5-3-2-4-6-10/h13H,2-8H2,1H3. The van der Waals surface area contributed by atoms with E-state index >= 15 is 0 Å². The van der Waals surface area contributed by atoms with Crippen molar-refractivity contribution in [1.82, 2.24) is 9.96 Å². The zero-order valence-corrected chi connectivity index (χ0v) is 8.20. The predicted molar refractivity (Wildman–Crippen MR) is 49.5 cm³/mol. The fourth-order valence-electron chi connectivity index (χ4n) is 1.58. The number of nitrogens with zero attached hydrogens (tertiary/aromatic N) is 2. The Kier molecular flexibility index (Phi) is 4.18. The minimum atomic E-state index is -0.281. The molecule has 1 amide bonds. The number of piperidine rings is 1. The molecule has 76 valence electrons. The summed E-state index contributed by atoms with van der Waals surface area (Å²) in [6.07, 6.45) is 3.79. The van der Waals surface area contributed by atoms with Crippen molar-refractivity contribution in [2.45, 2.75) is 26.2 Å². The molecule has 0 radical (unpaired) electrons. The summed E-state index contributed by atoms with van der Waals surface area (Å²) >= 11 is 0. The summed E-state index contributed by atoms with van der Waals surface area (Å²) in [5, 5.41) is 9.90. The Hall–Kier alpha value is -0.610. The Bertz CT molecular complexity index is 167. The third kappa shape index (κ3) is 3.74. The van der Waals surface area contributed by atoms with Crippen molar-refractivity contribution in [1.29, 1.82) is 0 Å². The van der Waals surface area contributed by atoms with Crippen LogP contribution < -0.4 is 0 Å². The number of hydrogen-bond acceptors (Lipinski definition) is 3. The quantitative estimate of drug-likeness (QED) is 0.521. The van der Waals surface area contributed by atoms with Gasteiger partial charge in [-0.15, -0.1) is 0 Å². The van der Waals surface area contributed by atoms with Gasteiger partial charge in [-0.3, -0.25) is 10.0 Å². The van der Waals surface area contributed by atoms with Crippen LogP contribution in [-0.4, -0.2) is 47.3 Å². The number of hydroxylamine groups is 2. The van der Waals surface area contributed by atoms with Gasteiger partial charge in [0.05, 0.1) is 6.54 Å². The lowest BCUT2D eigenvalue weighted by Crippen LogP contribution is -2.38. The summed E-state index contributed by atoms with van der Waals surface area (Å²) in [5.74, 6) is -0.281. The second-order valence-electron chi connectivity index (χ2n) is 3.54. The number of rotatable bonds is 3. The van der Waals surface area contributed by atoms with Gasteiger partial charge in [-0.1, -0.05) is 6.42 Å². The molecular formula is C9H18N2O2. The van der Waals surface area contributed by atoms with Crippen LogP contribution >= 0.6 is 0 Å². The number of hydrogen-bond donors (Lipinski definition) is 1. The zero-order chi connectivity index (χ0) is 9.68. The van der Waals surface area contributed by atoms with Crippen LogP contribution in [0.4, 0.5) is 0 Å². The monoisotopic (exact) mass is 186 g/mol. The Morgan fingerprint density at radius 2 is 2.00 bits per heavy atom. The van der Waals surface area contributed by atoms with Gasteiger partial charge in [0.1, 0.15) is 0 Å². The van der Waals surface area contributed by atoms with Gasteiger partial charge in [-0.05, 0) is 25.9 Å². The van der Waals surface area contributed by atoms with Gasteiger partial charge in [-0.25, -0.2) is 5.06 Å². The Morgan fingerprint density at radius 1 is 1.38 bits per heavy atom. The average Bonchev–Trinajstić information content (AvgIpc) is 2.15. The lowest BCUT2D eigenvalue weighted by atomic mass is 10.1. The molecular weight excluding hydrogens is 168 g/mol. The van der Waals surface area contributed by atoms with Crippen LogP contribution in [0.5, 0.6) is 0 Å². The maximum Gasteiger partial charge on any atom is 0.242 e. The van der Waals surface area contributed by atoms with E-state index in [1.54, 1.807) is 0 Å². The molecule has 0 bridgehead atoms. The largest absolute Gasteiger partial charge is 0.301 e. The Morgan fingerprint density at radius 3 is 2.54 bits per heavy atom. The lowest BCUT2D eigenvalue weighted by molar-refractivity contribution is -0.163. The molecule has 1 N–H and O–H groups in total. The summed E-state index contributed by atoms with van der Waals surface area (Å²) in [6.45, 7) is 4.79. The van der Waals surface area contributed by atoms with Crippen molar-refractivity contribution in [2.24, 2.45) is 0 Å². The molecule has 1 rings (SSSR count). The van der Waals surface area contributed by atoms with Crippen molar-refractivity contribution in [2.75, 3.05) is 26.2 Å². The molecule has 0 aromatic heterocycles. The number of carbonyl (C=O) groups is 1. The first-order valence-corrected chi connectivity index (χ1v) is 4.89. The highest BCUT2D eigenvalue weighted by Crippen LogP contribution is 2.07. The first-order valence-electron chi connectivity index (χ1n) is 4.89. The molecule has 1 aliphatic heterocycles. The smallest absolute Gasteiger partial charge is 0.242 e. The van der Waals surface area contributed by atoms with Gasteiger partial charge in [0.15, 0.2) is 0 Å². The van der Waals surface area contributed by atoms with Gasteiger partial charge in [0, 0.05) is 13.5 Å². The van der Waals surface area contributed by atoms with Gasteiger partial charge in [0.25, 0.3) is 0 Å². The molecule has 1 aliphatic rings. The molecule has 0 aromatic rings. The highest BCUT2D eigenvalue weighted by Gasteiger charge is 2.11. The van der Waals surface area contributed by atoms with E-state index in [2.05, 4.69) is 4.90 Å². The van der Waals surface area contributed by atoms with E-state index in [-0.39, 0.29) is 5.91 Å². The normalized spacial score (nSPS) is 18.6. The molecule has 4 nitrogen and oxygen atoms in total. The minimum absolute atomic E-state index is 0.281. The summed E-state index contributed by atoms with van der Waals surface area (Å²) in [4.78, 5) is 13.0. The van der Waals surface area contributed by atoms with Crippen LogP contribution in [0.25, 0.3) is 0 Å². The van der Waals surface area contributed by atoms with Crippen LogP contribution in [0, 0.1) is 0 Å². The summed E-state index contributed by atoms with van der Waals surface area (Å²) in [7, 11) is 0. The molecule has 13 heavy (non-hydrogen) atoms. The highest BCUT2D eigenvalue weighted by molar-refractivity contribution is 5.71. The van der Waals surface area contributed by atoms with E-state index < -0.39 is 0 Å². The maximum atomic E-state index is 10.7. The first-order chi connectivity index (χ1) is 6.20. The van der Waals surface area contributed by atoms with E-state index in [4.69, 9.17) is 5.21 Å². The highest BCUT2D eigenvalue weighted by atomic mass is 16.5. The topological polar surface area (TPSA) is 43.8 Å². The molecule has 0 spiro atoms. The third-order valence-corrected chi connectivity index (χ3v) is 2.44. The predicted octanol–water partition coefficient (Wildman–Crippen LogP) is 0.710. The fourth-order valence-corrected chi connectivity index (χ4v) is 1.58. The van der Waals surface area contributed by atoms with Crippen LogP contribution in [0.1, 0.15) is 26.2 Å². The second-order valence-corrected chi connectivity index (χ2v) is 3.54. The van der Waals surface area contributed by atoms with E-state index in [0.29, 0.717) is 6.54 Å². The molecule has 0 atom stereocenters. The lowest BCUT2D eigenvalue weighted by Gasteiger charge is -2.27. The van der Waals surface area contributed by atoms with Crippen molar-refractivity contribution in [3.63, 3.8) is 0 Å².